The van der Waals surface area contributed by atoms with Crippen LogP contribution in [0, 0.1) is 0 Å². The van der Waals surface area contributed by atoms with E-state index in [4.69, 9.17) is 0 Å². The minimum atomic E-state index is -2.76. The summed E-state index contributed by atoms with van der Waals surface area (Å²) < 4.78 is 26.9. The Hall–Kier alpha value is -2.25. The van der Waals surface area contributed by atoms with Crippen LogP contribution in [0.3, 0.4) is 0 Å². The van der Waals surface area contributed by atoms with Crippen LogP contribution >= 0.6 is 0 Å². The van der Waals surface area contributed by atoms with Crippen molar-refractivity contribution in [1.29, 1.82) is 0 Å². The van der Waals surface area contributed by atoms with Gasteiger partial charge in [0.15, 0.2) is 0 Å². The molecule has 2 rings (SSSR count). The van der Waals surface area contributed by atoms with Crippen LogP contribution in [-0.4, -0.2) is 25.5 Å². The second-order valence-electron chi connectivity index (χ2n) is 4.25. The SMILES string of the molecule is CCn1ccc(C(C)NC(=O)c2ccn(C(F)F)n2)n1. The van der Waals surface area contributed by atoms with Crippen molar-refractivity contribution in [2.45, 2.75) is 33.0 Å². The van der Waals surface area contributed by atoms with Crippen molar-refractivity contribution in [1.82, 2.24) is 24.9 Å². The Morgan fingerprint density at radius 2 is 2.10 bits per heavy atom. The lowest BCUT2D eigenvalue weighted by Crippen LogP contribution is -2.27. The van der Waals surface area contributed by atoms with Crippen LogP contribution in [0.1, 0.15) is 42.6 Å². The van der Waals surface area contributed by atoms with Gasteiger partial charge in [-0.05, 0) is 26.0 Å². The van der Waals surface area contributed by atoms with Gasteiger partial charge in [-0.15, -0.1) is 0 Å². The topological polar surface area (TPSA) is 64.7 Å². The van der Waals surface area contributed by atoms with E-state index in [1.807, 2.05) is 13.1 Å². The summed E-state index contributed by atoms with van der Waals surface area (Å²) in [5, 5.41) is 10.4. The number of alkyl halides is 2. The summed E-state index contributed by atoms with van der Waals surface area (Å²) in [6, 6.07) is 2.72. The zero-order valence-corrected chi connectivity index (χ0v) is 11.1. The average molecular weight is 283 g/mol. The molecular weight excluding hydrogens is 268 g/mol. The molecule has 1 unspecified atom stereocenters. The fraction of sp³-hybridized carbons (Fsp3) is 0.417. The van der Waals surface area contributed by atoms with E-state index in [1.54, 1.807) is 17.7 Å². The van der Waals surface area contributed by atoms with Gasteiger partial charge in [0, 0.05) is 18.9 Å². The van der Waals surface area contributed by atoms with Crippen LogP contribution in [0.25, 0.3) is 0 Å². The first-order chi connectivity index (χ1) is 9.51. The molecule has 0 aliphatic carbocycles. The molecule has 8 heteroatoms. The lowest BCUT2D eigenvalue weighted by molar-refractivity contribution is 0.0559. The molecule has 6 nitrogen and oxygen atoms in total. The van der Waals surface area contributed by atoms with E-state index in [0.29, 0.717) is 10.4 Å². The Labute approximate surface area is 114 Å². The van der Waals surface area contributed by atoms with Crippen molar-refractivity contribution in [3.63, 3.8) is 0 Å². The first kappa shape index (κ1) is 14.2. The molecule has 0 aliphatic rings. The predicted molar refractivity (Wildman–Crippen MR) is 67.3 cm³/mol. The van der Waals surface area contributed by atoms with Crippen molar-refractivity contribution in [2.24, 2.45) is 0 Å². The van der Waals surface area contributed by atoms with E-state index in [2.05, 4.69) is 15.5 Å². The fourth-order valence-electron chi connectivity index (χ4n) is 1.70. The monoisotopic (exact) mass is 283 g/mol. The molecule has 0 spiro atoms. The van der Waals surface area contributed by atoms with E-state index in [9.17, 15) is 13.6 Å². The number of nitrogens with one attached hydrogen (secondary N) is 1. The van der Waals surface area contributed by atoms with Crippen LogP contribution in [-0.2, 0) is 6.54 Å². The van der Waals surface area contributed by atoms with Gasteiger partial charge in [-0.1, -0.05) is 0 Å². The van der Waals surface area contributed by atoms with Gasteiger partial charge in [0.05, 0.1) is 11.7 Å². The van der Waals surface area contributed by atoms with E-state index < -0.39 is 12.5 Å². The predicted octanol–water partition coefficient (Wildman–Crippen LogP) is 1.99. The molecule has 0 saturated carbocycles. The number of halogens is 2. The second-order valence-corrected chi connectivity index (χ2v) is 4.25. The van der Waals surface area contributed by atoms with Gasteiger partial charge in [0.25, 0.3) is 5.91 Å². The van der Waals surface area contributed by atoms with E-state index in [1.165, 1.54) is 6.07 Å². The molecule has 1 atom stereocenters. The number of hydrogen-bond acceptors (Lipinski definition) is 3. The highest BCUT2D eigenvalue weighted by Crippen LogP contribution is 2.12. The Kier molecular flexibility index (Phi) is 4.11. The van der Waals surface area contributed by atoms with Crippen LogP contribution in [0.5, 0.6) is 0 Å². The first-order valence-electron chi connectivity index (χ1n) is 6.18. The quantitative estimate of drug-likeness (QED) is 0.912. The maximum Gasteiger partial charge on any atom is 0.333 e. The molecule has 1 N–H and O–H groups in total. The largest absolute Gasteiger partial charge is 0.342 e. The van der Waals surface area contributed by atoms with Crippen LogP contribution in [0.4, 0.5) is 8.78 Å². The molecule has 20 heavy (non-hydrogen) atoms. The first-order valence-corrected chi connectivity index (χ1v) is 6.18. The molecule has 0 aliphatic heterocycles. The van der Waals surface area contributed by atoms with Crippen molar-refractivity contribution >= 4 is 5.91 Å². The lowest BCUT2D eigenvalue weighted by atomic mass is 10.2. The summed E-state index contributed by atoms with van der Waals surface area (Å²) >= 11 is 0. The summed E-state index contributed by atoms with van der Waals surface area (Å²) in [5.74, 6) is -0.511. The number of aryl methyl sites for hydroxylation is 1. The maximum atomic E-state index is 12.4. The van der Waals surface area contributed by atoms with Crippen LogP contribution < -0.4 is 5.32 Å². The normalized spacial score (nSPS) is 12.7. The number of amides is 1. The number of nitrogens with zero attached hydrogens (tertiary/aromatic N) is 4. The van der Waals surface area contributed by atoms with Gasteiger partial charge >= 0.3 is 6.55 Å². The zero-order valence-electron chi connectivity index (χ0n) is 11.1. The Morgan fingerprint density at radius 3 is 2.65 bits per heavy atom. The number of rotatable bonds is 5. The molecule has 0 fully saturated rings. The Balaban J connectivity index is 2.02. The van der Waals surface area contributed by atoms with Crippen LogP contribution in [0.2, 0.25) is 0 Å². The van der Waals surface area contributed by atoms with Gasteiger partial charge in [-0.25, -0.2) is 4.68 Å². The highest BCUT2D eigenvalue weighted by molar-refractivity contribution is 5.92. The second kappa shape index (κ2) is 5.81. The average Bonchev–Trinajstić information content (AvgIpc) is 3.07. The third kappa shape index (κ3) is 3.01. The number of hydrogen-bond donors (Lipinski definition) is 1. The highest BCUT2D eigenvalue weighted by Gasteiger charge is 2.17. The summed E-state index contributed by atoms with van der Waals surface area (Å²) in [4.78, 5) is 11.9. The molecule has 0 saturated heterocycles. The molecule has 2 aromatic rings. The van der Waals surface area contributed by atoms with Gasteiger partial charge in [-0.2, -0.15) is 19.0 Å². The van der Waals surface area contributed by atoms with Gasteiger partial charge in [-0.3, -0.25) is 9.48 Å². The van der Waals surface area contributed by atoms with E-state index in [-0.39, 0.29) is 11.7 Å². The van der Waals surface area contributed by atoms with Gasteiger partial charge < -0.3 is 5.32 Å². The lowest BCUT2D eigenvalue weighted by Gasteiger charge is -2.10. The number of aromatic nitrogens is 4. The summed E-state index contributed by atoms with van der Waals surface area (Å²) in [5.41, 5.74) is 0.653. The van der Waals surface area contributed by atoms with Crippen molar-refractivity contribution in [2.75, 3.05) is 0 Å². The van der Waals surface area contributed by atoms with Gasteiger partial charge in [0.2, 0.25) is 0 Å². The molecule has 1 amide bonds. The Bertz CT molecular complexity index is 592. The van der Waals surface area contributed by atoms with Crippen molar-refractivity contribution in [3.8, 4) is 0 Å². The molecule has 2 heterocycles. The third-order valence-corrected chi connectivity index (χ3v) is 2.82. The molecule has 0 bridgehead atoms. The minimum Gasteiger partial charge on any atom is -0.342 e. The summed E-state index contributed by atoms with van der Waals surface area (Å²) in [6.45, 7) is 1.70. The third-order valence-electron chi connectivity index (χ3n) is 2.82. The highest BCUT2D eigenvalue weighted by atomic mass is 19.3. The Morgan fingerprint density at radius 1 is 1.35 bits per heavy atom. The molecule has 2 aromatic heterocycles. The molecule has 0 aromatic carbocycles. The number of carbonyl (C=O) groups excluding carboxylic acids is 1. The van der Waals surface area contributed by atoms with Crippen molar-refractivity contribution in [3.05, 3.63) is 35.9 Å². The summed E-state index contributed by atoms with van der Waals surface area (Å²) in [6.07, 6.45) is 2.87. The standard InChI is InChI=1S/C12H15F2N5O/c1-3-18-6-4-9(16-18)8(2)15-11(20)10-5-7-19(17-10)12(13)14/h4-8,12H,3H2,1-2H3,(H,15,20). The summed E-state index contributed by atoms with van der Waals surface area (Å²) in [7, 11) is 0. The molecular formula is C12H15F2N5O. The maximum absolute atomic E-state index is 12.4. The minimum absolute atomic E-state index is 0.0490. The van der Waals surface area contributed by atoms with E-state index in [0.717, 1.165) is 12.7 Å². The van der Waals surface area contributed by atoms with Crippen LogP contribution in [0.15, 0.2) is 24.5 Å². The molecule has 0 radical (unpaired) electrons. The number of carbonyl (C=O) groups is 1. The molecule has 108 valence electrons. The zero-order chi connectivity index (χ0) is 14.7. The van der Waals surface area contributed by atoms with Gasteiger partial charge in [0.1, 0.15) is 5.69 Å². The smallest absolute Gasteiger partial charge is 0.333 e. The van der Waals surface area contributed by atoms with E-state index >= 15 is 0 Å². The van der Waals surface area contributed by atoms with Crippen molar-refractivity contribution < 1.29 is 13.6 Å². The fourth-order valence-corrected chi connectivity index (χ4v) is 1.70.